The minimum Gasteiger partial charge on any atom is -0.366 e. The first-order valence-electron chi connectivity index (χ1n) is 10.8. The van der Waals surface area contributed by atoms with Crippen molar-refractivity contribution in [3.05, 3.63) is 101 Å². The van der Waals surface area contributed by atoms with Gasteiger partial charge in [-0.25, -0.2) is 17.8 Å². The van der Waals surface area contributed by atoms with Crippen molar-refractivity contribution in [1.82, 2.24) is 9.55 Å². The zero-order chi connectivity index (χ0) is 25.6. The number of fused-ring (bicyclic) bond motifs is 1. The molecule has 10 heteroatoms. The second-order valence-corrected chi connectivity index (χ2v) is 10.3. The topological polar surface area (TPSA) is 124 Å². The van der Waals surface area contributed by atoms with Gasteiger partial charge in [0.25, 0.3) is 0 Å². The number of amides is 1. The van der Waals surface area contributed by atoms with Crippen LogP contribution in [0.3, 0.4) is 0 Å². The number of ketones is 1. The van der Waals surface area contributed by atoms with Gasteiger partial charge in [-0.1, -0.05) is 36.4 Å². The average molecular weight is 503 g/mol. The average Bonchev–Trinajstić information content (AvgIpc) is 3.29. The van der Waals surface area contributed by atoms with Crippen LogP contribution in [0.2, 0.25) is 0 Å². The maximum atomic E-state index is 15.3. The first-order valence-corrected chi connectivity index (χ1v) is 12.7. The van der Waals surface area contributed by atoms with Gasteiger partial charge >= 0.3 is 0 Å². The smallest absolute Gasteiger partial charge is 0.248 e. The fourth-order valence-electron chi connectivity index (χ4n) is 4.22. The number of primary amides is 1. The number of benzene rings is 3. The maximum Gasteiger partial charge on any atom is 0.248 e. The number of imidazole rings is 1. The van der Waals surface area contributed by atoms with E-state index in [1.807, 2.05) is 0 Å². The quantitative estimate of drug-likeness (QED) is 0.447. The lowest BCUT2D eigenvalue weighted by Gasteiger charge is -2.19. The van der Waals surface area contributed by atoms with E-state index in [-0.39, 0.29) is 21.7 Å². The molecular formula is C26H19FN4O4S. The highest BCUT2D eigenvalue weighted by atomic mass is 32.2. The normalized spacial score (nSPS) is 15.1. The number of nitrogens with two attached hydrogens (primary N) is 1. The monoisotopic (exact) mass is 502 g/mol. The maximum absolute atomic E-state index is 15.3. The predicted molar refractivity (Wildman–Crippen MR) is 132 cm³/mol. The molecule has 0 saturated heterocycles. The van der Waals surface area contributed by atoms with Gasteiger partial charge < -0.3 is 5.73 Å². The van der Waals surface area contributed by atoms with Crippen LogP contribution in [0.25, 0.3) is 16.8 Å². The van der Waals surface area contributed by atoms with Gasteiger partial charge in [0.05, 0.1) is 11.1 Å². The molecule has 1 aliphatic heterocycles. The zero-order valence-electron chi connectivity index (χ0n) is 18.9. The minimum absolute atomic E-state index is 0.0427. The number of carbonyl (C=O) groups excluding carboxylic acids is 2. The standard InChI is InChI=1S/C26H19FN4O4S/c1-36(34,35)22-8-3-2-7-18(22)15-9-10-19(20(27)12-15)23-25(32)24-21(13-29-23)30-14-31(24)17-6-4-5-16(11-17)26(28)33/h2-14,23H,1H3,(H2,28,33). The van der Waals surface area contributed by atoms with Crippen LogP contribution in [0.15, 0.2) is 82.9 Å². The number of aliphatic imine (C=N–C) groups is 1. The van der Waals surface area contributed by atoms with E-state index in [9.17, 15) is 18.0 Å². The molecular weight excluding hydrogens is 483 g/mol. The lowest BCUT2D eigenvalue weighted by molar-refractivity contribution is 0.0951. The fourth-order valence-corrected chi connectivity index (χ4v) is 5.13. The van der Waals surface area contributed by atoms with Crippen LogP contribution in [-0.4, -0.2) is 42.1 Å². The third-order valence-corrected chi connectivity index (χ3v) is 7.08. The SMILES string of the molecule is CS(=O)(=O)c1ccccc1-c1ccc(C2N=Cc3ncn(-c4cccc(C(N)=O)c4)c3C2=O)c(F)c1. The number of Topliss-reactive ketones (excluding diaryl/α,β-unsaturated/α-hetero) is 1. The molecule has 0 saturated carbocycles. The Labute approximate surface area is 205 Å². The number of aromatic nitrogens is 2. The van der Waals surface area contributed by atoms with Crippen molar-refractivity contribution in [2.24, 2.45) is 10.7 Å². The summed E-state index contributed by atoms with van der Waals surface area (Å²) in [4.78, 5) is 33.6. The molecule has 3 aromatic carbocycles. The van der Waals surface area contributed by atoms with E-state index in [2.05, 4.69) is 9.98 Å². The largest absolute Gasteiger partial charge is 0.366 e. The first kappa shape index (κ1) is 23.3. The van der Waals surface area contributed by atoms with Crippen LogP contribution in [-0.2, 0) is 9.84 Å². The van der Waals surface area contributed by atoms with E-state index < -0.39 is 33.4 Å². The Bertz CT molecular complexity index is 1690. The van der Waals surface area contributed by atoms with Crippen molar-refractivity contribution >= 4 is 27.7 Å². The van der Waals surface area contributed by atoms with Crippen LogP contribution < -0.4 is 5.73 Å². The van der Waals surface area contributed by atoms with Crippen molar-refractivity contribution in [2.75, 3.05) is 6.26 Å². The molecule has 180 valence electrons. The molecule has 0 radical (unpaired) electrons. The summed E-state index contributed by atoms with van der Waals surface area (Å²) in [6.07, 6.45) is 3.92. The third-order valence-electron chi connectivity index (χ3n) is 5.92. The fraction of sp³-hybridized carbons (Fsp3) is 0.0769. The van der Waals surface area contributed by atoms with Crippen molar-refractivity contribution < 1.29 is 22.4 Å². The molecule has 0 aliphatic carbocycles. The second kappa shape index (κ2) is 8.65. The summed E-state index contributed by atoms with van der Waals surface area (Å²) < 4.78 is 41.2. The summed E-state index contributed by atoms with van der Waals surface area (Å²) in [6.45, 7) is 0. The Balaban J connectivity index is 1.54. The summed E-state index contributed by atoms with van der Waals surface area (Å²) in [5.41, 5.74) is 7.41. The van der Waals surface area contributed by atoms with Gasteiger partial charge in [0, 0.05) is 28.6 Å². The molecule has 1 aromatic heterocycles. The molecule has 8 nitrogen and oxygen atoms in total. The van der Waals surface area contributed by atoms with Crippen LogP contribution in [0.1, 0.15) is 38.1 Å². The van der Waals surface area contributed by atoms with Crippen molar-refractivity contribution in [3.8, 4) is 16.8 Å². The van der Waals surface area contributed by atoms with E-state index in [0.29, 0.717) is 22.5 Å². The lowest BCUT2D eigenvalue weighted by atomic mass is 9.95. The second-order valence-electron chi connectivity index (χ2n) is 8.31. The Morgan fingerprint density at radius 3 is 2.56 bits per heavy atom. The van der Waals surface area contributed by atoms with Gasteiger partial charge in [-0.15, -0.1) is 0 Å². The van der Waals surface area contributed by atoms with Crippen molar-refractivity contribution in [2.45, 2.75) is 10.9 Å². The van der Waals surface area contributed by atoms with E-state index >= 15 is 4.39 Å². The molecule has 2 heterocycles. The summed E-state index contributed by atoms with van der Waals surface area (Å²) in [7, 11) is -3.54. The Morgan fingerprint density at radius 1 is 1.06 bits per heavy atom. The van der Waals surface area contributed by atoms with E-state index in [1.54, 1.807) is 42.5 Å². The molecule has 4 aromatic rings. The Hall–Kier alpha value is -4.44. The highest BCUT2D eigenvalue weighted by Crippen LogP contribution is 2.34. The van der Waals surface area contributed by atoms with Crippen LogP contribution in [0.5, 0.6) is 0 Å². The zero-order valence-corrected chi connectivity index (χ0v) is 19.7. The number of nitrogens with zero attached hydrogens (tertiary/aromatic N) is 3. The minimum atomic E-state index is -3.54. The summed E-state index contributed by atoms with van der Waals surface area (Å²) in [5.74, 6) is -1.79. The lowest BCUT2D eigenvalue weighted by Crippen LogP contribution is -2.21. The van der Waals surface area contributed by atoms with Crippen molar-refractivity contribution in [3.63, 3.8) is 0 Å². The molecule has 0 fully saturated rings. The molecule has 1 aliphatic rings. The number of hydrogen-bond acceptors (Lipinski definition) is 6. The number of sulfone groups is 1. The molecule has 2 N–H and O–H groups in total. The highest BCUT2D eigenvalue weighted by Gasteiger charge is 2.32. The van der Waals surface area contributed by atoms with Gasteiger partial charge in [-0.2, -0.15) is 0 Å². The third kappa shape index (κ3) is 4.01. The van der Waals surface area contributed by atoms with Gasteiger partial charge in [0.2, 0.25) is 11.7 Å². The van der Waals surface area contributed by atoms with E-state index in [4.69, 9.17) is 5.73 Å². The molecule has 5 rings (SSSR count). The Kier molecular flexibility index (Phi) is 5.60. The van der Waals surface area contributed by atoms with E-state index in [0.717, 1.165) is 6.26 Å². The number of hydrogen-bond donors (Lipinski definition) is 1. The summed E-state index contributed by atoms with van der Waals surface area (Å²) in [5, 5.41) is 0. The first-order chi connectivity index (χ1) is 17.1. The van der Waals surface area contributed by atoms with Gasteiger partial charge in [0.1, 0.15) is 29.6 Å². The highest BCUT2D eigenvalue weighted by molar-refractivity contribution is 7.90. The van der Waals surface area contributed by atoms with Gasteiger partial charge in [-0.05, 0) is 35.9 Å². The van der Waals surface area contributed by atoms with Gasteiger partial charge in [-0.3, -0.25) is 19.1 Å². The predicted octanol–water partition coefficient (Wildman–Crippen LogP) is 3.54. The summed E-state index contributed by atoms with van der Waals surface area (Å²) >= 11 is 0. The number of rotatable bonds is 5. The van der Waals surface area contributed by atoms with Crippen molar-refractivity contribution in [1.29, 1.82) is 0 Å². The molecule has 1 unspecified atom stereocenters. The number of carbonyl (C=O) groups is 2. The Morgan fingerprint density at radius 2 is 1.83 bits per heavy atom. The van der Waals surface area contributed by atoms with Crippen LogP contribution >= 0.6 is 0 Å². The molecule has 0 spiro atoms. The van der Waals surface area contributed by atoms with E-state index in [1.165, 1.54) is 41.4 Å². The number of halogens is 1. The molecule has 1 amide bonds. The van der Waals surface area contributed by atoms with Gasteiger partial charge in [0.15, 0.2) is 9.84 Å². The molecule has 36 heavy (non-hydrogen) atoms. The van der Waals surface area contributed by atoms with Crippen LogP contribution in [0, 0.1) is 5.82 Å². The molecule has 0 bridgehead atoms. The summed E-state index contributed by atoms with van der Waals surface area (Å²) in [6, 6.07) is 15.8. The van der Waals surface area contributed by atoms with Crippen LogP contribution in [0.4, 0.5) is 4.39 Å². The molecule has 1 atom stereocenters.